The fraction of sp³-hybridized carbons (Fsp3) is 0.167. The molecule has 2 aromatic rings. The molecule has 0 saturated carbocycles. The number of nitrogens with zero attached hydrogens (tertiary/aromatic N) is 2. The Balaban J connectivity index is 2.17. The summed E-state index contributed by atoms with van der Waals surface area (Å²) in [6, 6.07) is 10.4. The lowest BCUT2D eigenvalue weighted by molar-refractivity contribution is -0.802. The highest BCUT2D eigenvalue weighted by atomic mass is 17.0. The number of hydrogen-bond donors (Lipinski definition) is 0. The zero-order chi connectivity index (χ0) is 14.3. The molecule has 3 rings (SSSR count). The van der Waals surface area contributed by atoms with Crippen LogP contribution in [0.3, 0.4) is 0 Å². The topological polar surface area (TPSA) is 105 Å². The third-order valence-corrected chi connectivity index (χ3v) is 3.26. The molecule has 20 heavy (non-hydrogen) atoms. The minimum Gasteiger partial charge on any atom is -0.303 e. The van der Waals surface area contributed by atoms with Gasteiger partial charge in [-0.25, -0.2) is 0 Å². The van der Waals surface area contributed by atoms with Gasteiger partial charge in [0, 0.05) is 0 Å². The molecule has 0 unspecified atom stereocenters. The van der Waals surface area contributed by atoms with Crippen molar-refractivity contribution in [1.29, 1.82) is 0 Å². The van der Waals surface area contributed by atoms with Crippen molar-refractivity contribution in [3.63, 3.8) is 0 Å². The van der Waals surface area contributed by atoms with Crippen LogP contribution in [0.2, 0.25) is 0 Å². The molecule has 8 heteroatoms. The summed E-state index contributed by atoms with van der Waals surface area (Å²) in [5, 5.41) is 20.8. The smallest absolute Gasteiger partial charge is 0.295 e. The van der Waals surface area contributed by atoms with Gasteiger partial charge in [0.2, 0.25) is 0 Å². The molecular weight excluding hydrogens is 268 g/mol. The maximum atomic E-state index is 10.6. The Bertz CT molecular complexity index is 659. The van der Waals surface area contributed by atoms with Crippen molar-refractivity contribution in [2.24, 2.45) is 0 Å². The predicted molar refractivity (Wildman–Crippen MR) is 65.6 cm³/mol. The number of rotatable bonds is 4. The molecule has 2 atom stereocenters. The van der Waals surface area contributed by atoms with Gasteiger partial charge in [-0.15, -0.1) is 20.2 Å². The van der Waals surface area contributed by atoms with Gasteiger partial charge in [-0.1, -0.05) is 36.4 Å². The van der Waals surface area contributed by atoms with E-state index in [4.69, 9.17) is 0 Å². The molecule has 0 spiro atoms. The predicted octanol–water partition coefficient (Wildman–Crippen LogP) is 2.35. The summed E-state index contributed by atoms with van der Waals surface area (Å²) in [4.78, 5) is 30.4. The molecule has 1 aliphatic rings. The largest absolute Gasteiger partial charge is 0.303 e. The van der Waals surface area contributed by atoms with Gasteiger partial charge in [0.1, 0.15) is 0 Å². The van der Waals surface area contributed by atoms with E-state index in [9.17, 15) is 20.2 Å². The molecule has 0 aromatic heterocycles. The van der Waals surface area contributed by atoms with E-state index in [2.05, 4.69) is 9.68 Å². The van der Waals surface area contributed by atoms with Crippen LogP contribution in [0.1, 0.15) is 23.3 Å². The van der Waals surface area contributed by atoms with E-state index < -0.39 is 22.4 Å². The SMILES string of the molecule is O=[N+]([O-])O[C@@H]1c2cccc3cccc(c23)[C@@H]1O[N+](=O)[O-]. The van der Waals surface area contributed by atoms with Crippen molar-refractivity contribution in [2.45, 2.75) is 12.2 Å². The highest BCUT2D eigenvalue weighted by Gasteiger charge is 2.39. The Hall–Kier alpha value is -2.90. The fourth-order valence-electron chi connectivity index (χ4n) is 2.61. The number of benzene rings is 2. The van der Waals surface area contributed by atoms with Crippen LogP contribution in [0, 0.1) is 20.2 Å². The first-order valence-corrected chi connectivity index (χ1v) is 5.72. The quantitative estimate of drug-likeness (QED) is 0.627. The summed E-state index contributed by atoms with van der Waals surface area (Å²) in [6.07, 6.45) is -2.28. The molecule has 0 bridgehead atoms. The summed E-state index contributed by atoms with van der Waals surface area (Å²) in [7, 11) is 0. The van der Waals surface area contributed by atoms with Gasteiger partial charge in [0.25, 0.3) is 10.2 Å². The van der Waals surface area contributed by atoms with Crippen LogP contribution in [-0.2, 0) is 9.68 Å². The van der Waals surface area contributed by atoms with Gasteiger partial charge in [0.15, 0.2) is 12.2 Å². The van der Waals surface area contributed by atoms with E-state index in [0.717, 1.165) is 5.39 Å². The summed E-state index contributed by atoms with van der Waals surface area (Å²) in [5.74, 6) is 0. The maximum Gasteiger partial charge on any atom is 0.295 e. The van der Waals surface area contributed by atoms with E-state index in [-0.39, 0.29) is 0 Å². The lowest BCUT2D eigenvalue weighted by atomic mass is 10.1. The third-order valence-electron chi connectivity index (χ3n) is 3.26. The summed E-state index contributed by atoms with van der Waals surface area (Å²) >= 11 is 0. The van der Waals surface area contributed by atoms with Gasteiger partial charge < -0.3 is 9.68 Å². The lowest BCUT2D eigenvalue weighted by Crippen LogP contribution is -2.18. The van der Waals surface area contributed by atoms with Crippen LogP contribution in [0.15, 0.2) is 36.4 Å². The molecular formula is C12H8N2O6. The first-order valence-electron chi connectivity index (χ1n) is 5.72. The van der Waals surface area contributed by atoms with Crippen molar-refractivity contribution in [3.8, 4) is 0 Å². The molecule has 0 fully saturated rings. The Morgan fingerprint density at radius 1 is 0.850 bits per heavy atom. The van der Waals surface area contributed by atoms with Gasteiger partial charge in [-0.2, -0.15) is 0 Å². The van der Waals surface area contributed by atoms with Gasteiger partial charge in [0.05, 0.1) is 0 Å². The highest BCUT2D eigenvalue weighted by Crippen LogP contribution is 2.47. The molecule has 0 aliphatic heterocycles. The minimum atomic E-state index is -1.14. The lowest BCUT2D eigenvalue weighted by Gasteiger charge is -2.17. The second kappa shape index (κ2) is 4.34. The van der Waals surface area contributed by atoms with Crippen molar-refractivity contribution in [1.82, 2.24) is 0 Å². The first kappa shape index (κ1) is 12.2. The molecule has 0 amide bonds. The van der Waals surface area contributed by atoms with Crippen molar-refractivity contribution >= 4 is 10.8 Å². The van der Waals surface area contributed by atoms with E-state index in [1.54, 1.807) is 24.3 Å². The molecule has 0 heterocycles. The highest BCUT2D eigenvalue weighted by molar-refractivity contribution is 5.91. The van der Waals surface area contributed by atoms with Crippen LogP contribution < -0.4 is 0 Å². The molecule has 0 radical (unpaired) electrons. The fourth-order valence-corrected chi connectivity index (χ4v) is 2.61. The second-order valence-corrected chi connectivity index (χ2v) is 4.29. The maximum absolute atomic E-state index is 10.6. The molecule has 2 aromatic carbocycles. The molecule has 0 N–H and O–H groups in total. The minimum absolute atomic E-state index is 0.515. The monoisotopic (exact) mass is 276 g/mol. The summed E-state index contributed by atoms with van der Waals surface area (Å²) in [6.45, 7) is 0. The molecule has 8 nitrogen and oxygen atoms in total. The molecule has 102 valence electrons. The average Bonchev–Trinajstić information content (AvgIpc) is 2.67. The Morgan fingerprint density at radius 3 is 1.70 bits per heavy atom. The van der Waals surface area contributed by atoms with Crippen LogP contribution in [-0.4, -0.2) is 10.2 Å². The van der Waals surface area contributed by atoms with Gasteiger partial charge in [-0.3, -0.25) is 0 Å². The second-order valence-electron chi connectivity index (χ2n) is 4.29. The van der Waals surface area contributed by atoms with Crippen molar-refractivity contribution < 1.29 is 19.8 Å². The normalized spacial score (nSPS) is 19.8. The van der Waals surface area contributed by atoms with Crippen molar-refractivity contribution in [2.75, 3.05) is 0 Å². The zero-order valence-electron chi connectivity index (χ0n) is 9.96. The van der Waals surface area contributed by atoms with Gasteiger partial charge in [-0.05, 0) is 21.9 Å². The van der Waals surface area contributed by atoms with Crippen molar-refractivity contribution in [3.05, 3.63) is 67.8 Å². The Labute approximate surface area is 111 Å². The van der Waals surface area contributed by atoms with Crippen LogP contribution >= 0.6 is 0 Å². The Morgan fingerprint density at radius 2 is 1.30 bits per heavy atom. The summed E-state index contributed by atoms with van der Waals surface area (Å²) < 4.78 is 0. The van der Waals surface area contributed by atoms with E-state index >= 15 is 0 Å². The van der Waals surface area contributed by atoms with Crippen LogP contribution in [0.4, 0.5) is 0 Å². The summed E-state index contributed by atoms with van der Waals surface area (Å²) in [5.41, 5.74) is 1.03. The average molecular weight is 276 g/mol. The van der Waals surface area contributed by atoms with E-state index in [1.807, 2.05) is 12.1 Å². The third kappa shape index (κ3) is 1.78. The van der Waals surface area contributed by atoms with Crippen LogP contribution in [0.5, 0.6) is 0 Å². The molecule has 0 saturated heterocycles. The standard InChI is InChI=1S/C12H8N2O6/c15-13(16)19-11-8-5-1-3-7-4-2-6-9(10(7)8)12(11)20-14(17)18/h1-6,11-12H/t11-,12+. The Kier molecular flexibility index (Phi) is 2.63. The number of hydrogen-bond acceptors (Lipinski definition) is 6. The van der Waals surface area contributed by atoms with E-state index in [0.29, 0.717) is 16.5 Å². The molecule has 1 aliphatic carbocycles. The van der Waals surface area contributed by atoms with Crippen LogP contribution in [0.25, 0.3) is 10.8 Å². The van der Waals surface area contributed by atoms with Gasteiger partial charge >= 0.3 is 0 Å². The first-order chi connectivity index (χ1) is 9.58. The van der Waals surface area contributed by atoms with E-state index in [1.165, 1.54) is 0 Å². The zero-order valence-corrected chi connectivity index (χ0v) is 9.96.